The van der Waals surface area contributed by atoms with Crippen molar-refractivity contribution in [2.24, 2.45) is 0 Å². The van der Waals surface area contributed by atoms with Crippen molar-refractivity contribution in [3.8, 4) is 22.8 Å². The zero-order valence-electron chi connectivity index (χ0n) is 17.7. The summed E-state index contributed by atoms with van der Waals surface area (Å²) in [6, 6.07) is 13.6. The van der Waals surface area contributed by atoms with Crippen molar-refractivity contribution in [2.75, 3.05) is 6.54 Å². The molecule has 0 spiro atoms. The second-order valence-corrected chi connectivity index (χ2v) is 7.62. The molecule has 4 aromatic rings. The summed E-state index contributed by atoms with van der Waals surface area (Å²) in [6.07, 6.45) is 3.26. The van der Waals surface area contributed by atoms with Crippen molar-refractivity contribution in [3.63, 3.8) is 0 Å². The van der Waals surface area contributed by atoms with Crippen molar-refractivity contribution in [3.05, 3.63) is 59.4 Å². The van der Waals surface area contributed by atoms with Gasteiger partial charge in [0, 0.05) is 28.9 Å². The van der Waals surface area contributed by atoms with E-state index >= 15 is 0 Å². The first-order valence-corrected chi connectivity index (χ1v) is 10.5. The number of amides is 1. The fourth-order valence-corrected chi connectivity index (χ4v) is 3.53. The molecular formula is C24H27N5O. The van der Waals surface area contributed by atoms with Gasteiger partial charge in [0.15, 0.2) is 0 Å². The maximum absolute atomic E-state index is 12.4. The topological polar surface area (TPSA) is 86.5 Å². The van der Waals surface area contributed by atoms with Gasteiger partial charge in [-0.25, -0.2) is 9.97 Å². The quantitative estimate of drug-likeness (QED) is 0.374. The minimum Gasteiger partial charge on any atom is -0.352 e. The first kappa shape index (κ1) is 19.9. The van der Waals surface area contributed by atoms with Crippen LogP contribution in [0.15, 0.2) is 42.5 Å². The highest BCUT2D eigenvalue weighted by atomic mass is 16.1. The lowest BCUT2D eigenvalue weighted by Crippen LogP contribution is -2.24. The van der Waals surface area contributed by atoms with Crippen LogP contribution in [-0.4, -0.2) is 32.4 Å². The normalized spacial score (nSPS) is 11.2. The number of carbonyl (C=O) groups is 1. The number of hydrogen-bond donors (Lipinski definition) is 3. The van der Waals surface area contributed by atoms with Crippen LogP contribution in [0.2, 0.25) is 0 Å². The maximum atomic E-state index is 12.4. The number of carbonyl (C=O) groups excluding carboxylic acids is 1. The zero-order chi connectivity index (χ0) is 21.1. The molecule has 2 aromatic carbocycles. The van der Waals surface area contributed by atoms with Crippen LogP contribution in [0.5, 0.6) is 0 Å². The molecule has 0 fully saturated rings. The molecule has 0 bridgehead atoms. The molecule has 2 aromatic heterocycles. The number of aromatic amines is 2. The van der Waals surface area contributed by atoms with Gasteiger partial charge in [0.05, 0.1) is 16.7 Å². The van der Waals surface area contributed by atoms with Gasteiger partial charge in [-0.1, -0.05) is 44.0 Å². The summed E-state index contributed by atoms with van der Waals surface area (Å²) in [7, 11) is 0. The summed E-state index contributed by atoms with van der Waals surface area (Å²) < 4.78 is 0. The Morgan fingerprint density at radius 3 is 2.37 bits per heavy atom. The summed E-state index contributed by atoms with van der Waals surface area (Å²) >= 11 is 0. The Morgan fingerprint density at radius 2 is 1.70 bits per heavy atom. The third kappa shape index (κ3) is 3.99. The fourth-order valence-electron chi connectivity index (χ4n) is 3.53. The van der Waals surface area contributed by atoms with Crippen LogP contribution in [0.4, 0.5) is 0 Å². The van der Waals surface area contributed by atoms with Gasteiger partial charge in [-0.15, -0.1) is 0 Å². The standard InChI is InChI=1S/C24H27N5O/c1-4-5-8-13-25-24(30)17-11-12-20-21(14-17)29-23(28-20)19-10-7-6-9-18(19)22-26-15(2)16(3)27-22/h6-7,9-12,14H,4-5,8,13H2,1-3H3,(H,25,30)(H,26,27)(H,28,29). The van der Waals surface area contributed by atoms with Crippen LogP contribution in [-0.2, 0) is 0 Å². The van der Waals surface area contributed by atoms with E-state index in [2.05, 4.69) is 27.2 Å². The number of aromatic nitrogens is 4. The van der Waals surface area contributed by atoms with E-state index in [1.54, 1.807) is 0 Å². The van der Waals surface area contributed by atoms with E-state index in [0.717, 1.165) is 64.5 Å². The van der Waals surface area contributed by atoms with Crippen molar-refractivity contribution in [1.29, 1.82) is 0 Å². The largest absolute Gasteiger partial charge is 0.352 e. The molecule has 0 aliphatic rings. The summed E-state index contributed by atoms with van der Waals surface area (Å²) in [5.74, 6) is 1.53. The summed E-state index contributed by atoms with van der Waals surface area (Å²) in [6.45, 7) is 6.87. The Hall–Kier alpha value is -3.41. The highest BCUT2D eigenvalue weighted by Gasteiger charge is 2.15. The number of fused-ring (bicyclic) bond motifs is 1. The van der Waals surface area contributed by atoms with Crippen LogP contribution >= 0.6 is 0 Å². The number of benzene rings is 2. The van der Waals surface area contributed by atoms with E-state index in [1.165, 1.54) is 0 Å². The molecule has 0 aliphatic heterocycles. The molecule has 30 heavy (non-hydrogen) atoms. The molecule has 0 saturated carbocycles. The van der Waals surface area contributed by atoms with E-state index in [1.807, 2.05) is 56.3 Å². The summed E-state index contributed by atoms with van der Waals surface area (Å²) in [4.78, 5) is 28.6. The Morgan fingerprint density at radius 1 is 0.967 bits per heavy atom. The lowest BCUT2D eigenvalue weighted by Gasteiger charge is -2.04. The summed E-state index contributed by atoms with van der Waals surface area (Å²) in [5.41, 5.74) is 6.30. The molecular weight excluding hydrogens is 374 g/mol. The minimum absolute atomic E-state index is 0.0499. The first-order valence-electron chi connectivity index (χ1n) is 10.5. The van der Waals surface area contributed by atoms with Crippen LogP contribution < -0.4 is 5.32 Å². The number of aryl methyl sites for hydroxylation is 2. The van der Waals surface area contributed by atoms with Crippen LogP contribution in [0, 0.1) is 13.8 Å². The molecule has 154 valence electrons. The molecule has 0 radical (unpaired) electrons. The smallest absolute Gasteiger partial charge is 0.251 e. The second kappa shape index (κ2) is 8.53. The first-order chi connectivity index (χ1) is 14.6. The highest BCUT2D eigenvalue weighted by Crippen LogP contribution is 2.30. The Balaban J connectivity index is 1.64. The molecule has 2 heterocycles. The van der Waals surface area contributed by atoms with E-state index in [4.69, 9.17) is 4.98 Å². The molecule has 0 unspecified atom stereocenters. The van der Waals surface area contributed by atoms with E-state index in [-0.39, 0.29) is 5.91 Å². The Labute approximate surface area is 176 Å². The number of nitrogens with zero attached hydrogens (tertiary/aromatic N) is 2. The Kier molecular flexibility index (Phi) is 5.65. The monoisotopic (exact) mass is 401 g/mol. The highest BCUT2D eigenvalue weighted by molar-refractivity contribution is 5.97. The number of unbranched alkanes of at least 4 members (excludes halogenated alkanes) is 2. The van der Waals surface area contributed by atoms with E-state index < -0.39 is 0 Å². The van der Waals surface area contributed by atoms with E-state index in [0.29, 0.717) is 12.1 Å². The van der Waals surface area contributed by atoms with Crippen LogP contribution in [0.1, 0.15) is 47.9 Å². The third-order valence-electron chi connectivity index (χ3n) is 5.38. The van der Waals surface area contributed by atoms with Gasteiger partial charge in [0.2, 0.25) is 0 Å². The molecule has 0 aliphatic carbocycles. The zero-order valence-corrected chi connectivity index (χ0v) is 17.7. The number of rotatable bonds is 7. The fraction of sp³-hybridized carbons (Fsp3) is 0.292. The van der Waals surface area contributed by atoms with Crippen molar-refractivity contribution >= 4 is 16.9 Å². The van der Waals surface area contributed by atoms with Crippen LogP contribution in [0.25, 0.3) is 33.8 Å². The van der Waals surface area contributed by atoms with Gasteiger partial charge in [-0.3, -0.25) is 4.79 Å². The predicted molar refractivity (Wildman–Crippen MR) is 120 cm³/mol. The molecule has 0 saturated heterocycles. The van der Waals surface area contributed by atoms with Gasteiger partial charge >= 0.3 is 0 Å². The predicted octanol–water partition coefficient (Wildman–Crippen LogP) is 5.16. The lowest BCUT2D eigenvalue weighted by atomic mass is 10.1. The second-order valence-electron chi connectivity index (χ2n) is 7.62. The van der Waals surface area contributed by atoms with Gasteiger partial charge in [0.25, 0.3) is 5.91 Å². The maximum Gasteiger partial charge on any atom is 0.251 e. The van der Waals surface area contributed by atoms with Gasteiger partial charge in [-0.2, -0.15) is 0 Å². The minimum atomic E-state index is -0.0499. The van der Waals surface area contributed by atoms with E-state index in [9.17, 15) is 4.79 Å². The summed E-state index contributed by atoms with van der Waals surface area (Å²) in [5, 5.41) is 2.99. The average Bonchev–Trinajstić information content (AvgIpc) is 3.33. The number of imidazole rings is 2. The Bertz CT molecular complexity index is 1170. The molecule has 1 amide bonds. The van der Waals surface area contributed by atoms with Crippen molar-refractivity contribution in [1.82, 2.24) is 25.3 Å². The number of nitrogens with one attached hydrogen (secondary N) is 3. The van der Waals surface area contributed by atoms with Gasteiger partial charge in [0.1, 0.15) is 11.6 Å². The molecule has 0 atom stereocenters. The SMILES string of the molecule is CCCCCNC(=O)c1ccc2nc(-c3ccccc3-c3nc(C)c(C)[nH]3)[nH]c2c1. The average molecular weight is 402 g/mol. The van der Waals surface area contributed by atoms with Crippen molar-refractivity contribution in [2.45, 2.75) is 40.0 Å². The molecule has 4 rings (SSSR count). The van der Waals surface area contributed by atoms with Gasteiger partial charge in [-0.05, 0) is 38.5 Å². The lowest BCUT2D eigenvalue weighted by molar-refractivity contribution is 0.0953. The van der Waals surface area contributed by atoms with Gasteiger partial charge < -0.3 is 15.3 Å². The number of H-pyrrole nitrogens is 2. The van der Waals surface area contributed by atoms with Crippen LogP contribution in [0.3, 0.4) is 0 Å². The molecule has 3 N–H and O–H groups in total. The number of hydrogen-bond acceptors (Lipinski definition) is 3. The van der Waals surface area contributed by atoms with Crippen molar-refractivity contribution < 1.29 is 4.79 Å². The molecule has 6 heteroatoms. The molecule has 6 nitrogen and oxygen atoms in total. The third-order valence-corrected chi connectivity index (χ3v) is 5.38.